The second-order valence-electron chi connectivity index (χ2n) is 5.11. The average Bonchev–Trinajstić information content (AvgIpc) is 2.85. The first kappa shape index (κ1) is 15.0. The fraction of sp³-hybridized carbons (Fsp3) is 0.500. The Morgan fingerprint density at radius 3 is 2.90 bits per heavy atom. The van der Waals surface area contributed by atoms with Crippen molar-refractivity contribution in [3.63, 3.8) is 0 Å². The van der Waals surface area contributed by atoms with Gasteiger partial charge in [-0.05, 0) is 32.5 Å². The standard InChI is InChI=1S/C16H20FNO2/c1-12-16(7-9-20-12)18(2)11-14-6-5-13(4-3-8-19)10-15(14)17/h5-6,10,12,16,19H,7-9,11H2,1-2H3. The lowest BCUT2D eigenvalue weighted by molar-refractivity contribution is 0.0811. The summed E-state index contributed by atoms with van der Waals surface area (Å²) in [5.41, 5.74) is 1.24. The molecule has 2 unspecified atom stereocenters. The number of benzene rings is 1. The van der Waals surface area contributed by atoms with E-state index >= 15 is 0 Å². The summed E-state index contributed by atoms with van der Waals surface area (Å²) in [5.74, 6) is 4.96. The lowest BCUT2D eigenvalue weighted by Crippen LogP contribution is -2.36. The molecule has 1 saturated heterocycles. The molecule has 2 rings (SSSR count). The highest BCUT2D eigenvalue weighted by Crippen LogP contribution is 2.21. The second kappa shape index (κ2) is 6.85. The number of nitrogens with zero attached hydrogens (tertiary/aromatic N) is 1. The molecule has 0 radical (unpaired) electrons. The first-order chi connectivity index (χ1) is 9.61. The summed E-state index contributed by atoms with van der Waals surface area (Å²) in [7, 11) is 1.99. The summed E-state index contributed by atoms with van der Waals surface area (Å²) >= 11 is 0. The highest BCUT2D eigenvalue weighted by atomic mass is 19.1. The van der Waals surface area contributed by atoms with E-state index in [-0.39, 0.29) is 18.5 Å². The van der Waals surface area contributed by atoms with Crippen molar-refractivity contribution in [3.05, 3.63) is 35.1 Å². The normalized spacial score (nSPS) is 21.9. The summed E-state index contributed by atoms with van der Waals surface area (Å²) in [6, 6.07) is 5.29. The Hall–Kier alpha value is -1.41. The number of aliphatic hydroxyl groups excluding tert-OH is 1. The third-order valence-corrected chi connectivity index (χ3v) is 3.69. The van der Waals surface area contributed by atoms with Crippen LogP contribution in [0, 0.1) is 17.7 Å². The smallest absolute Gasteiger partial charge is 0.128 e. The largest absolute Gasteiger partial charge is 0.384 e. The molecule has 20 heavy (non-hydrogen) atoms. The van der Waals surface area contributed by atoms with E-state index in [1.807, 2.05) is 7.05 Å². The zero-order valence-electron chi connectivity index (χ0n) is 11.9. The molecule has 4 heteroatoms. The summed E-state index contributed by atoms with van der Waals surface area (Å²) in [5, 5.41) is 8.63. The molecule has 1 heterocycles. The molecule has 108 valence electrons. The number of hydrogen-bond acceptors (Lipinski definition) is 3. The molecule has 1 aromatic rings. The number of aliphatic hydroxyl groups is 1. The Bertz CT molecular complexity index is 521. The molecule has 1 aliphatic rings. The monoisotopic (exact) mass is 277 g/mol. The molecule has 0 aliphatic carbocycles. The molecule has 1 N–H and O–H groups in total. The summed E-state index contributed by atoms with van der Waals surface area (Å²) < 4.78 is 19.6. The van der Waals surface area contributed by atoms with Crippen LogP contribution in [0.3, 0.4) is 0 Å². The van der Waals surface area contributed by atoms with Crippen molar-refractivity contribution < 1.29 is 14.2 Å². The Balaban J connectivity index is 2.06. The van der Waals surface area contributed by atoms with Crippen LogP contribution in [0.1, 0.15) is 24.5 Å². The maximum absolute atomic E-state index is 14.0. The van der Waals surface area contributed by atoms with Gasteiger partial charge in [0, 0.05) is 30.3 Å². The van der Waals surface area contributed by atoms with Crippen LogP contribution in [0.25, 0.3) is 0 Å². The second-order valence-corrected chi connectivity index (χ2v) is 5.11. The first-order valence-electron chi connectivity index (χ1n) is 6.82. The predicted octanol–water partition coefficient (Wildman–Crippen LogP) is 1.78. The molecule has 0 aromatic heterocycles. The minimum Gasteiger partial charge on any atom is -0.384 e. The molecule has 1 aliphatic heterocycles. The van der Waals surface area contributed by atoms with Crippen LogP contribution < -0.4 is 0 Å². The first-order valence-corrected chi connectivity index (χ1v) is 6.82. The van der Waals surface area contributed by atoms with Crippen molar-refractivity contribution in [2.45, 2.75) is 32.0 Å². The van der Waals surface area contributed by atoms with Crippen LogP contribution in [-0.2, 0) is 11.3 Å². The van der Waals surface area contributed by atoms with Gasteiger partial charge in [-0.2, -0.15) is 0 Å². The minimum atomic E-state index is -0.256. The molecule has 0 bridgehead atoms. The Morgan fingerprint density at radius 1 is 1.50 bits per heavy atom. The van der Waals surface area contributed by atoms with Gasteiger partial charge in [-0.25, -0.2) is 4.39 Å². The van der Waals surface area contributed by atoms with E-state index in [0.29, 0.717) is 23.7 Å². The predicted molar refractivity (Wildman–Crippen MR) is 75.6 cm³/mol. The van der Waals surface area contributed by atoms with E-state index in [4.69, 9.17) is 9.84 Å². The topological polar surface area (TPSA) is 32.7 Å². The zero-order valence-corrected chi connectivity index (χ0v) is 11.9. The molecule has 0 saturated carbocycles. The van der Waals surface area contributed by atoms with E-state index in [1.54, 1.807) is 12.1 Å². The lowest BCUT2D eigenvalue weighted by atomic mass is 10.1. The molecule has 1 fully saturated rings. The average molecular weight is 277 g/mol. The Morgan fingerprint density at radius 2 is 2.30 bits per heavy atom. The van der Waals surface area contributed by atoms with Gasteiger partial charge in [0.1, 0.15) is 12.4 Å². The van der Waals surface area contributed by atoms with E-state index in [9.17, 15) is 4.39 Å². The Labute approximate surface area is 119 Å². The lowest BCUT2D eigenvalue weighted by Gasteiger charge is -2.26. The van der Waals surface area contributed by atoms with Crippen molar-refractivity contribution in [2.75, 3.05) is 20.3 Å². The molecule has 2 atom stereocenters. The summed E-state index contributed by atoms with van der Waals surface area (Å²) in [6.07, 6.45) is 1.18. The maximum atomic E-state index is 14.0. The van der Waals surface area contributed by atoms with Gasteiger partial charge in [0.25, 0.3) is 0 Å². The van der Waals surface area contributed by atoms with Crippen molar-refractivity contribution in [1.29, 1.82) is 0 Å². The molecule has 3 nitrogen and oxygen atoms in total. The highest BCUT2D eigenvalue weighted by molar-refractivity contribution is 5.37. The van der Waals surface area contributed by atoms with Gasteiger partial charge in [-0.15, -0.1) is 0 Å². The van der Waals surface area contributed by atoms with E-state index < -0.39 is 0 Å². The zero-order chi connectivity index (χ0) is 14.5. The molecule has 0 amide bonds. The van der Waals surface area contributed by atoms with E-state index in [1.165, 1.54) is 6.07 Å². The Kier molecular flexibility index (Phi) is 5.13. The maximum Gasteiger partial charge on any atom is 0.128 e. The summed E-state index contributed by atoms with van der Waals surface area (Å²) in [4.78, 5) is 2.13. The number of ether oxygens (including phenoxy) is 1. The third kappa shape index (κ3) is 3.57. The SMILES string of the molecule is CC1OCCC1N(C)Cc1ccc(C#CCO)cc1F. The number of halogens is 1. The van der Waals surface area contributed by atoms with Gasteiger partial charge in [0.2, 0.25) is 0 Å². The van der Waals surface area contributed by atoms with Gasteiger partial charge in [0.05, 0.1) is 6.10 Å². The van der Waals surface area contributed by atoms with Gasteiger partial charge >= 0.3 is 0 Å². The van der Waals surface area contributed by atoms with Crippen molar-refractivity contribution in [3.8, 4) is 11.8 Å². The van der Waals surface area contributed by atoms with E-state index in [2.05, 4.69) is 23.7 Å². The molecule has 0 spiro atoms. The van der Waals surface area contributed by atoms with Gasteiger partial charge in [-0.3, -0.25) is 4.90 Å². The van der Waals surface area contributed by atoms with Crippen LogP contribution in [0.2, 0.25) is 0 Å². The van der Waals surface area contributed by atoms with E-state index in [0.717, 1.165) is 13.0 Å². The van der Waals surface area contributed by atoms with Crippen molar-refractivity contribution in [1.82, 2.24) is 4.90 Å². The van der Waals surface area contributed by atoms with Gasteiger partial charge in [0.15, 0.2) is 0 Å². The minimum absolute atomic E-state index is 0.192. The van der Waals surface area contributed by atoms with Crippen LogP contribution in [-0.4, -0.2) is 42.4 Å². The number of likely N-dealkylation sites (N-methyl/N-ethyl adjacent to an activating group) is 1. The molecule has 1 aromatic carbocycles. The fourth-order valence-electron chi connectivity index (χ4n) is 2.58. The van der Waals surface area contributed by atoms with Crippen molar-refractivity contribution in [2.24, 2.45) is 0 Å². The number of hydrogen-bond donors (Lipinski definition) is 1. The number of rotatable bonds is 3. The van der Waals surface area contributed by atoms with Crippen LogP contribution in [0.4, 0.5) is 4.39 Å². The van der Waals surface area contributed by atoms with Crippen LogP contribution >= 0.6 is 0 Å². The molecular formula is C16H20FNO2. The summed E-state index contributed by atoms with van der Waals surface area (Å²) in [6.45, 7) is 3.16. The van der Waals surface area contributed by atoms with Gasteiger partial charge < -0.3 is 9.84 Å². The van der Waals surface area contributed by atoms with Gasteiger partial charge in [-0.1, -0.05) is 17.9 Å². The molecular weight excluding hydrogens is 257 g/mol. The van der Waals surface area contributed by atoms with Crippen LogP contribution in [0.5, 0.6) is 0 Å². The quantitative estimate of drug-likeness (QED) is 0.855. The highest BCUT2D eigenvalue weighted by Gasteiger charge is 2.28. The van der Waals surface area contributed by atoms with Crippen molar-refractivity contribution >= 4 is 0 Å². The fourth-order valence-corrected chi connectivity index (χ4v) is 2.58. The third-order valence-electron chi connectivity index (χ3n) is 3.69. The van der Waals surface area contributed by atoms with Crippen LogP contribution in [0.15, 0.2) is 18.2 Å².